The highest BCUT2D eigenvalue weighted by Gasteiger charge is 2.08. The highest BCUT2D eigenvalue weighted by atomic mass is 15.2. The summed E-state index contributed by atoms with van der Waals surface area (Å²) in [5, 5.41) is 3.35. The van der Waals surface area contributed by atoms with Gasteiger partial charge in [-0.25, -0.2) is 0 Å². The first-order valence-corrected chi connectivity index (χ1v) is 4.84. The van der Waals surface area contributed by atoms with Crippen molar-refractivity contribution >= 4 is 0 Å². The Bertz CT molecular complexity index is 224. The van der Waals surface area contributed by atoms with Crippen LogP contribution in [0.4, 0.5) is 0 Å². The third-order valence-electron chi connectivity index (χ3n) is 2.39. The van der Waals surface area contributed by atoms with E-state index in [-0.39, 0.29) is 0 Å². The van der Waals surface area contributed by atoms with Crippen LogP contribution in [0.5, 0.6) is 0 Å². The summed E-state index contributed by atoms with van der Waals surface area (Å²) in [7, 11) is 0. The molecule has 1 aromatic rings. The van der Waals surface area contributed by atoms with E-state index in [1.807, 2.05) is 12.1 Å². The van der Waals surface area contributed by atoms with Crippen molar-refractivity contribution in [1.82, 2.24) is 14.8 Å². The SMILES string of the molecule is [CH](CN1CCNCC1)n1cccc1. The van der Waals surface area contributed by atoms with Crippen LogP contribution in [0, 0.1) is 6.54 Å². The molecule has 0 amide bonds. The van der Waals surface area contributed by atoms with Gasteiger partial charge in [-0.2, -0.15) is 0 Å². The first-order valence-electron chi connectivity index (χ1n) is 4.84. The third-order valence-corrected chi connectivity index (χ3v) is 2.39. The molecule has 0 saturated carbocycles. The Morgan fingerprint density at radius 1 is 1.15 bits per heavy atom. The first kappa shape index (κ1) is 8.78. The van der Waals surface area contributed by atoms with E-state index >= 15 is 0 Å². The van der Waals surface area contributed by atoms with Crippen LogP contribution in [0.25, 0.3) is 0 Å². The molecule has 1 aliphatic rings. The molecular formula is C10H16N3. The maximum Gasteiger partial charge on any atom is 0.0677 e. The molecule has 0 spiro atoms. The van der Waals surface area contributed by atoms with Crippen LogP contribution in [-0.4, -0.2) is 42.2 Å². The van der Waals surface area contributed by atoms with Gasteiger partial charge in [0.15, 0.2) is 0 Å². The van der Waals surface area contributed by atoms with E-state index in [1.165, 1.54) is 0 Å². The van der Waals surface area contributed by atoms with Crippen LogP contribution < -0.4 is 5.32 Å². The molecule has 1 radical (unpaired) electrons. The molecule has 3 nitrogen and oxygen atoms in total. The second-order valence-corrected chi connectivity index (χ2v) is 3.36. The van der Waals surface area contributed by atoms with Crippen molar-refractivity contribution in [3.63, 3.8) is 0 Å². The van der Waals surface area contributed by atoms with Crippen molar-refractivity contribution in [3.8, 4) is 0 Å². The molecule has 0 unspecified atom stereocenters. The van der Waals surface area contributed by atoms with Crippen LogP contribution in [0.15, 0.2) is 24.5 Å². The smallest absolute Gasteiger partial charge is 0.0677 e. The van der Waals surface area contributed by atoms with Gasteiger partial charge in [-0.05, 0) is 12.1 Å². The van der Waals surface area contributed by atoms with Crippen molar-refractivity contribution in [1.29, 1.82) is 0 Å². The maximum atomic E-state index is 3.35. The summed E-state index contributed by atoms with van der Waals surface area (Å²) in [5.74, 6) is 0. The minimum Gasteiger partial charge on any atom is -0.348 e. The summed E-state index contributed by atoms with van der Waals surface area (Å²) in [6.45, 7) is 7.84. The lowest BCUT2D eigenvalue weighted by molar-refractivity contribution is 0.254. The molecule has 0 aliphatic carbocycles. The molecule has 1 N–H and O–H groups in total. The van der Waals surface area contributed by atoms with Gasteiger partial charge in [-0.3, -0.25) is 4.90 Å². The fourth-order valence-electron chi connectivity index (χ4n) is 1.57. The molecule has 1 aliphatic heterocycles. The fourth-order valence-corrected chi connectivity index (χ4v) is 1.57. The predicted octanol–water partition coefficient (Wildman–Crippen LogP) is 0.403. The Morgan fingerprint density at radius 3 is 2.54 bits per heavy atom. The molecule has 1 aromatic heterocycles. The van der Waals surface area contributed by atoms with Gasteiger partial charge < -0.3 is 9.88 Å². The molecule has 0 aromatic carbocycles. The molecule has 13 heavy (non-hydrogen) atoms. The molecule has 1 saturated heterocycles. The minimum atomic E-state index is 1.05. The third kappa shape index (κ3) is 2.57. The lowest BCUT2D eigenvalue weighted by atomic mass is 10.3. The normalized spacial score (nSPS) is 19.1. The zero-order chi connectivity index (χ0) is 8.93. The average Bonchev–Trinajstić information content (AvgIpc) is 2.69. The number of hydrogen-bond acceptors (Lipinski definition) is 2. The highest BCUT2D eigenvalue weighted by molar-refractivity contribution is 4.95. The van der Waals surface area contributed by atoms with Gasteiger partial charge in [0.1, 0.15) is 0 Å². The Hall–Kier alpha value is -0.800. The van der Waals surface area contributed by atoms with Crippen LogP contribution >= 0.6 is 0 Å². The number of nitrogens with zero attached hydrogens (tertiary/aromatic N) is 2. The van der Waals surface area contributed by atoms with E-state index in [9.17, 15) is 0 Å². The number of piperazine rings is 1. The summed E-state index contributed by atoms with van der Waals surface area (Å²) in [4.78, 5) is 2.45. The minimum absolute atomic E-state index is 1.05. The molecular weight excluding hydrogens is 162 g/mol. The molecule has 1 fully saturated rings. The van der Waals surface area contributed by atoms with Gasteiger partial charge in [0.05, 0.1) is 6.54 Å². The summed E-state index contributed by atoms with van der Waals surface area (Å²) >= 11 is 0. The van der Waals surface area contributed by atoms with Crippen LogP contribution in [0.1, 0.15) is 0 Å². The second-order valence-electron chi connectivity index (χ2n) is 3.36. The van der Waals surface area contributed by atoms with Crippen molar-refractivity contribution in [2.75, 3.05) is 32.7 Å². The fraction of sp³-hybridized carbons (Fsp3) is 0.500. The van der Waals surface area contributed by atoms with E-state index in [0.29, 0.717) is 0 Å². The lowest BCUT2D eigenvalue weighted by Crippen LogP contribution is -2.44. The number of rotatable bonds is 3. The molecule has 2 rings (SSSR count). The van der Waals surface area contributed by atoms with E-state index in [1.54, 1.807) is 0 Å². The molecule has 0 atom stereocenters. The maximum absolute atomic E-state index is 3.35. The largest absolute Gasteiger partial charge is 0.348 e. The van der Waals surface area contributed by atoms with Gasteiger partial charge in [-0.15, -0.1) is 0 Å². The standard InChI is InChI=1S/C10H16N3/c1-2-6-12(5-1)9-10-13-7-3-11-4-8-13/h1-2,5-6,9,11H,3-4,7-8,10H2. The first-order chi connectivity index (χ1) is 6.45. The number of nitrogens with one attached hydrogen (secondary N) is 1. The van der Waals surface area contributed by atoms with Crippen LogP contribution in [0.2, 0.25) is 0 Å². The van der Waals surface area contributed by atoms with Crippen LogP contribution in [-0.2, 0) is 0 Å². The monoisotopic (exact) mass is 178 g/mol. The van der Waals surface area contributed by atoms with E-state index in [2.05, 4.69) is 33.7 Å². The average molecular weight is 178 g/mol. The molecule has 2 heterocycles. The summed E-state index contributed by atoms with van der Waals surface area (Å²) in [5.41, 5.74) is 0. The van der Waals surface area contributed by atoms with E-state index in [4.69, 9.17) is 0 Å². The zero-order valence-electron chi connectivity index (χ0n) is 7.82. The molecule has 71 valence electrons. The van der Waals surface area contributed by atoms with Gasteiger partial charge in [0, 0.05) is 45.1 Å². The van der Waals surface area contributed by atoms with Gasteiger partial charge in [-0.1, -0.05) is 0 Å². The molecule has 0 bridgehead atoms. The zero-order valence-corrected chi connectivity index (χ0v) is 7.82. The van der Waals surface area contributed by atoms with E-state index < -0.39 is 0 Å². The topological polar surface area (TPSA) is 20.2 Å². The molecule has 3 heteroatoms. The second kappa shape index (κ2) is 4.44. The Kier molecular flexibility index (Phi) is 3.00. The summed E-state index contributed by atoms with van der Waals surface area (Å²) in [6, 6.07) is 4.10. The van der Waals surface area contributed by atoms with Crippen molar-refractivity contribution in [2.24, 2.45) is 0 Å². The van der Waals surface area contributed by atoms with Crippen molar-refractivity contribution < 1.29 is 0 Å². The Labute approximate surface area is 79.3 Å². The summed E-state index contributed by atoms with van der Waals surface area (Å²) in [6.07, 6.45) is 4.14. The van der Waals surface area contributed by atoms with Crippen molar-refractivity contribution in [2.45, 2.75) is 0 Å². The van der Waals surface area contributed by atoms with Gasteiger partial charge in [0.2, 0.25) is 0 Å². The lowest BCUT2D eigenvalue weighted by Gasteiger charge is -2.26. The predicted molar refractivity (Wildman–Crippen MR) is 53.4 cm³/mol. The quantitative estimate of drug-likeness (QED) is 0.723. The van der Waals surface area contributed by atoms with Crippen molar-refractivity contribution in [3.05, 3.63) is 31.1 Å². The van der Waals surface area contributed by atoms with Gasteiger partial charge in [0.25, 0.3) is 0 Å². The summed E-state index contributed by atoms with van der Waals surface area (Å²) < 4.78 is 2.11. The van der Waals surface area contributed by atoms with Gasteiger partial charge >= 0.3 is 0 Å². The number of aromatic nitrogens is 1. The Balaban J connectivity index is 1.72. The highest BCUT2D eigenvalue weighted by Crippen LogP contribution is 1.97. The van der Waals surface area contributed by atoms with Crippen LogP contribution in [0.3, 0.4) is 0 Å². The van der Waals surface area contributed by atoms with E-state index in [0.717, 1.165) is 32.7 Å². The number of hydrogen-bond donors (Lipinski definition) is 1. The Morgan fingerprint density at radius 2 is 1.85 bits per heavy atom.